The maximum absolute atomic E-state index is 9.74. The molecule has 2 saturated heterocycles. The molecule has 21 heavy (non-hydrogen) atoms. The fraction of sp³-hybridized carbons (Fsp3) is 1.00. The molecule has 2 aliphatic heterocycles. The maximum Gasteiger partial charge on any atom is 0.192 e. The summed E-state index contributed by atoms with van der Waals surface area (Å²) >= 11 is 0. The average molecular weight is 317 g/mol. The van der Waals surface area contributed by atoms with Crippen molar-refractivity contribution in [3.05, 3.63) is 0 Å². The van der Waals surface area contributed by atoms with E-state index in [0.29, 0.717) is 0 Å². The van der Waals surface area contributed by atoms with Gasteiger partial charge in [0.05, 0.1) is 24.4 Å². The largest absolute Gasteiger partial charge is 0.411 e. The smallest absolute Gasteiger partial charge is 0.192 e. The van der Waals surface area contributed by atoms with E-state index in [1.165, 1.54) is 0 Å². The number of aliphatic hydroxyl groups excluding tert-OH is 1. The van der Waals surface area contributed by atoms with Gasteiger partial charge in [-0.15, -0.1) is 0 Å². The van der Waals surface area contributed by atoms with Crippen LogP contribution in [0.4, 0.5) is 0 Å². The van der Waals surface area contributed by atoms with E-state index >= 15 is 0 Å². The van der Waals surface area contributed by atoms with Crippen LogP contribution in [-0.2, 0) is 13.9 Å². The van der Waals surface area contributed by atoms with Crippen molar-refractivity contribution in [1.29, 1.82) is 0 Å². The Morgan fingerprint density at radius 1 is 1.33 bits per heavy atom. The van der Waals surface area contributed by atoms with Crippen molar-refractivity contribution in [2.75, 3.05) is 13.2 Å². The lowest BCUT2D eigenvalue weighted by atomic mass is 9.83. The third kappa shape index (κ3) is 3.53. The highest BCUT2D eigenvalue weighted by atomic mass is 28.4. The maximum atomic E-state index is 9.74. The van der Waals surface area contributed by atoms with Crippen LogP contribution >= 0.6 is 0 Å². The number of rotatable bonds is 3. The first-order valence-electron chi connectivity index (χ1n) is 8.17. The minimum atomic E-state index is -1.88. The normalized spacial score (nSPS) is 38.1. The SMILES string of the molecule is CC(C)(C)[Si](C)(C)O[C@H]1C[C@H]2OCCC[C@]2(C)O[C@@H]1CO. The Morgan fingerprint density at radius 2 is 2.00 bits per heavy atom. The Bertz CT molecular complexity index is 366. The van der Waals surface area contributed by atoms with Crippen LogP contribution in [0.2, 0.25) is 18.1 Å². The topological polar surface area (TPSA) is 47.9 Å². The van der Waals surface area contributed by atoms with Gasteiger partial charge in [-0.25, -0.2) is 0 Å². The van der Waals surface area contributed by atoms with E-state index in [4.69, 9.17) is 13.9 Å². The fourth-order valence-electron chi connectivity index (χ4n) is 3.06. The van der Waals surface area contributed by atoms with Crippen LogP contribution in [0, 0.1) is 0 Å². The molecule has 124 valence electrons. The molecule has 0 aromatic heterocycles. The molecule has 0 bridgehead atoms. The van der Waals surface area contributed by atoms with Gasteiger partial charge in [-0.1, -0.05) is 20.8 Å². The summed E-state index contributed by atoms with van der Waals surface area (Å²) in [7, 11) is -1.88. The monoisotopic (exact) mass is 316 g/mol. The molecule has 0 aromatic carbocycles. The van der Waals surface area contributed by atoms with Gasteiger partial charge in [0.25, 0.3) is 0 Å². The molecule has 0 radical (unpaired) electrons. The summed E-state index contributed by atoms with van der Waals surface area (Å²) in [6.45, 7) is 14.1. The van der Waals surface area contributed by atoms with Gasteiger partial charge in [-0.05, 0) is 37.9 Å². The molecule has 2 heterocycles. The number of aliphatic hydroxyl groups is 1. The molecule has 4 nitrogen and oxygen atoms in total. The first-order chi connectivity index (χ1) is 9.59. The van der Waals surface area contributed by atoms with E-state index in [2.05, 4.69) is 40.8 Å². The molecule has 2 aliphatic rings. The summed E-state index contributed by atoms with van der Waals surface area (Å²) in [6, 6.07) is 0. The molecule has 2 fully saturated rings. The molecule has 1 N–H and O–H groups in total. The number of hydrogen-bond acceptors (Lipinski definition) is 4. The lowest BCUT2D eigenvalue weighted by Crippen LogP contribution is -2.61. The van der Waals surface area contributed by atoms with Crippen LogP contribution in [-0.4, -0.2) is 50.6 Å². The molecule has 0 unspecified atom stereocenters. The molecule has 0 spiro atoms. The van der Waals surface area contributed by atoms with Crippen molar-refractivity contribution < 1.29 is 19.0 Å². The molecule has 0 aliphatic carbocycles. The predicted octanol–water partition coefficient (Wildman–Crippen LogP) is 3.10. The lowest BCUT2D eigenvalue weighted by Gasteiger charge is -2.52. The molecule has 0 aromatic rings. The Morgan fingerprint density at radius 3 is 2.57 bits per heavy atom. The quantitative estimate of drug-likeness (QED) is 0.813. The second-order valence-corrected chi connectivity index (χ2v) is 13.0. The van der Waals surface area contributed by atoms with E-state index in [1.54, 1.807) is 0 Å². The van der Waals surface area contributed by atoms with Crippen molar-refractivity contribution >= 4 is 8.32 Å². The van der Waals surface area contributed by atoms with Crippen LogP contribution in [0.3, 0.4) is 0 Å². The van der Waals surface area contributed by atoms with E-state index in [9.17, 15) is 5.11 Å². The highest BCUT2D eigenvalue weighted by Crippen LogP contribution is 2.43. The third-order valence-electron chi connectivity index (χ3n) is 5.53. The zero-order valence-corrected chi connectivity index (χ0v) is 15.4. The van der Waals surface area contributed by atoms with Crippen LogP contribution < -0.4 is 0 Å². The minimum Gasteiger partial charge on any atom is -0.411 e. The van der Waals surface area contributed by atoms with Gasteiger partial charge in [0.2, 0.25) is 0 Å². The second-order valence-electron chi connectivity index (χ2n) is 8.27. The van der Waals surface area contributed by atoms with Gasteiger partial charge < -0.3 is 19.0 Å². The Kier molecular flexibility index (Phi) is 4.91. The summed E-state index contributed by atoms with van der Waals surface area (Å²) in [4.78, 5) is 0. The molecule has 2 rings (SSSR count). The van der Waals surface area contributed by atoms with Gasteiger partial charge in [0, 0.05) is 13.0 Å². The van der Waals surface area contributed by atoms with Gasteiger partial charge in [-0.2, -0.15) is 0 Å². The molecule has 5 heteroatoms. The highest BCUT2D eigenvalue weighted by molar-refractivity contribution is 6.74. The summed E-state index contributed by atoms with van der Waals surface area (Å²) < 4.78 is 18.7. The van der Waals surface area contributed by atoms with Crippen LogP contribution in [0.15, 0.2) is 0 Å². The zero-order chi connectivity index (χ0) is 15.9. The molecule has 0 amide bonds. The van der Waals surface area contributed by atoms with E-state index in [-0.39, 0.29) is 35.6 Å². The van der Waals surface area contributed by atoms with E-state index in [1.807, 2.05) is 0 Å². The Balaban J connectivity index is 2.12. The van der Waals surface area contributed by atoms with Crippen molar-refractivity contribution in [2.45, 2.75) is 89.0 Å². The first kappa shape index (κ1) is 17.4. The van der Waals surface area contributed by atoms with E-state index < -0.39 is 8.32 Å². The van der Waals surface area contributed by atoms with Gasteiger partial charge in [-0.3, -0.25) is 0 Å². The number of ether oxygens (including phenoxy) is 2. The summed E-state index contributed by atoms with van der Waals surface area (Å²) in [5.41, 5.74) is -0.265. The second kappa shape index (κ2) is 5.93. The minimum absolute atomic E-state index is 0.0155. The number of hydrogen-bond donors (Lipinski definition) is 1. The molecule has 0 saturated carbocycles. The molecular weight excluding hydrogens is 284 g/mol. The lowest BCUT2D eigenvalue weighted by molar-refractivity contribution is -0.253. The van der Waals surface area contributed by atoms with Crippen molar-refractivity contribution in [3.63, 3.8) is 0 Å². The van der Waals surface area contributed by atoms with Crippen LogP contribution in [0.1, 0.15) is 47.0 Å². The molecule has 4 atom stereocenters. The van der Waals surface area contributed by atoms with E-state index in [0.717, 1.165) is 25.9 Å². The van der Waals surface area contributed by atoms with Gasteiger partial charge in [0.15, 0.2) is 8.32 Å². The predicted molar refractivity (Wildman–Crippen MR) is 86.0 cm³/mol. The van der Waals surface area contributed by atoms with Crippen molar-refractivity contribution in [2.24, 2.45) is 0 Å². The highest BCUT2D eigenvalue weighted by Gasteiger charge is 2.50. The number of fused-ring (bicyclic) bond motifs is 1. The van der Waals surface area contributed by atoms with Crippen molar-refractivity contribution in [3.8, 4) is 0 Å². The Hall–Kier alpha value is 0.0569. The Labute approximate surface area is 130 Å². The first-order valence-corrected chi connectivity index (χ1v) is 11.1. The van der Waals surface area contributed by atoms with Gasteiger partial charge in [0.1, 0.15) is 6.10 Å². The standard InChI is InChI=1S/C16H32O4Si/c1-15(2,3)21(5,6)20-12-10-14-16(4,8-7-9-18-14)19-13(12)11-17/h12-14,17H,7-11H2,1-6H3/t12-,13+,14+,16-/m0/s1. The van der Waals surface area contributed by atoms with Gasteiger partial charge >= 0.3 is 0 Å². The third-order valence-corrected chi connectivity index (χ3v) is 10.0. The summed E-state index contributed by atoms with van der Waals surface area (Å²) in [5.74, 6) is 0. The van der Waals surface area contributed by atoms with Crippen molar-refractivity contribution in [1.82, 2.24) is 0 Å². The van der Waals surface area contributed by atoms with Crippen LogP contribution in [0.5, 0.6) is 0 Å². The average Bonchev–Trinajstić information content (AvgIpc) is 2.36. The molecular formula is C16H32O4Si. The summed E-state index contributed by atoms with van der Waals surface area (Å²) in [6.07, 6.45) is 2.65. The summed E-state index contributed by atoms with van der Waals surface area (Å²) in [5, 5.41) is 9.89. The fourth-order valence-corrected chi connectivity index (χ4v) is 4.42. The zero-order valence-electron chi connectivity index (χ0n) is 14.4. The van der Waals surface area contributed by atoms with Crippen LogP contribution in [0.25, 0.3) is 0 Å².